The Bertz CT molecular complexity index is 597. The first-order chi connectivity index (χ1) is 9.74. The Morgan fingerprint density at radius 2 is 1.76 bits per heavy atom. The average molecular weight is 312 g/mol. The van der Waals surface area contributed by atoms with Gasteiger partial charge in [-0.15, -0.1) is 0 Å². The summed E-state index contributed by atoms with van der Waals surface area (Å²) in [7, 11) is -3.50. The van der Waals surface area contributed by atoms with E-state index in [1.165, 1.54) is 12.1 Å². The van der Waals surface area contributed by atoms with Crippen LogP contribution in [-0.2, 0) is 19.4 Å². The molecular formula is C14H20N2O4S. The SMILES string of the molecule is CC(C)C(=O)N[C@H](CCS(=O)(=O)c1ccccc1)C(N)=O. The number of benzene rings is 1. The first kappa shape index (κ1) is 17.2. The Morgan fingerprint density at radius 3 is 2.24 bits per heavy atom. The molecule has 21 heavy (non-hydrogen) atoms. The minimum Gasteiger partial charge on any atom is -0.368 e. The van der Waals surface area contributed by atoms with E-state index in [9.17, 15) is 18.0 Å². The normalized spacial score (nSPS) is 12.9. The minimum absolute atomic E-state index is 0.0506. The number of hydrogen-bond acceptors (Lipinski definition) is 4. The van der Waals surface area contributed by atoms with E-state index in [1.807, 2.05) is 0 Å². The van der Waals surface area contributed by atoms with Gasteiger partial charge in [0.25, 0.3) is 0 Å². The lowest BCUT2D eigenvalue weighted by atomic mass is 10.1. The van der Waals surface area contributed by atoms with Crippen LogP contribution in [-0.4, -0.2) is 32.0 Å². The van der Waals surface area contributed by atoms with E-state index in [-0.39, 0.29) is 28.9 Å². The summed E-state index contributed by atoms with van der Waals surface area (Å²) in [6.45, 7) is 3.35. The van der Waals surface area contributed by atoms with E-state index >= 15 is 0 Å². The van der Waals surface area contributed by atoms with Gasteiger partial charge >= 0.3 is 0 Å². The standard InChI is InChI=1S/C14H20N2O4S/c1-10(2)14(18)16-12(13(15)17)8-9-21(19,20)11-6-4-3-5-7-11/h3-7,10,12H,8-9H2,1-2H3,(H2,15,17)(H,16,18)/t12-/m1/s1. The van der Waals surface area contributed by atoms with Crippen LogP contribution in [0, 0.1) is 5.92 Å². The number of nitrogens with one attached hydrogen (secondary N) is 1. The van der Waals surface area contributed by atoms with Gasteiger partial charge in [0.1, 0.15) is 6.04 Å². The first-order valence-corrected chi connectivity index (χ1v) is 8.26. The molecule has 1 aromatic rings. The van der Waals surface area contributed by atoms with E-state index in [2.05, 4.69) is 5.32 Å². The molecule has 6 nitrogen and oxygen atoms in total. The quantitative estimate of drug-likeness (QED) is 0.763. The highest BCUT2D eigenvalue weighted by Gasteiger charge is 2.23. The van der Waals surface area contributed by atoms with Crippen molar-refractivity contribution >= 4 is 21.7 Å². The van der Waals surface area contributed by atoms with Gasteiger partial charge in [-0.2, -0.15) is 0 Å². The maximum absolute atomic E-state index is 12.1. The Kier molecular flexibility index (Phi) is 5.90. The summed E-state index contributed by atoms with van der Waals surface area (Å²) in [4.78, 5) is 23.1. The molecule has 0 unspecified atom stereocenters. The average Bonchev–Trinajstić information content (AvgIpc) is 2.43. The van der Waals surface area contributed by atoms with E-state index < -0.39 is 21.8 Å². The van der Waals surface area contributed by atoms with Gasteiger partial charge in [0.05, 0.1) is 10.6 Å². The highest BCUT2D eigenvalue weighted by atomic mass is 32.2. The summed E-state index contributed by atoms with van der Waals surface area (Å²) >= 11 is 0. The van der Waals surface area contributed by atoms with Crippen LogP contribution in [0.2, 0.25) is 0 Å². The van der Waals surface area contributed by atoms with Crippen LogP contribution >= 0.6 is 0 Å². The molecule has 2 amide bonds. The third-order valence-electron chi connectivity index (χ3n) is 2.96. The van der Waals surface area contributed by atoms with Crippen LogP contribution in [0.4, 0.5) is 0 Å². The molecular weight excluding hydrogens is 292 g/mol. The summed E-state index contributed by atoms with van der Waals surface area (Å²) in [6.07, 6.45) is -0.0506. The second-order valence-corrected chi connectivity index (χ2v) is 7.15. The molecule has 0 aromatic heterocycles. The maximum atomic E-state index is 12.1. The second kappa shape index (κ2) is 7.21. The number of nitrogens with two attached hydrogens (primary N) is 1. The second-order valence-electron chi connectivity index (χ2n) is 5.04. The summed E-state index contributed by atoms with van der Waals surface area (Å²) in [5.74, 6) is -1.65. The lowest BCUT2D eigenvalue weighted by molar-refractivity contribution is -0.129. The molecule has 0 fully saturated rings. The van der Waals surface area contributed by atoms with Crippen molar-refractivity contribution in [3.05, 3.63) is 30.3 Å². The molecule has 0 heterocycles. The number of sulfone groups is 1. The zero-order chi connectivity index (χ0) is 16.0. The molecule has 0 bridgehead atoms. The lowest BCUT2D eigenvalue weighted by Crippen LogP contribution is -2.46. The van der Waals surface area contributed by atoms with Gasteiger partial charge in [-0.1, -0.05) is 32.0 Å². The van der Waals surface area contributed by atoms with Gasteiger partial charge < -0.3 is 11.1 Å². The third-order valence-corrected chi connectivity index (χ3v) is 4.73. The Labute approximate surface area is 124 Å². The molecule has 0 saturated carbocycles. The fraction of sp³-hybridized carbons (Fsp3) is 0.429. The summed E-state index contributed by atoms with van der Waals surface area (Å²) in [5.41, 5.74) is 5.20. The maximum Gasteiger partial charge on any atom is 0.240 e. The van der Waals surface area contributed by atoms with E-state index in [0.29, 0.717) is 0 Å². The molecule has 1 atom stereocenters. The van der Waals surface area contributed by atoms with Crippen molar-refractivity contribution in [1.82, 2.24) is 5.32 Å². The molecule has 0 radical (unpaired) electrons. The van der Waals surface area contributed by atoms with Crippen LogP contribution in [0.15, 0.2) is 35.2 Å². The fourth-order valence-electron chi connectivity index (χ4n) is 1.64. The molecule has 0 saturated heterocycles. The Balaban J connectivity index is 2.74. The van der Waals surface area contributed by atoms with E-state index in [4.69, 9.17) is 5.73 Å². The van der Waals surface area contributed by atoms with Crippen LogP contribution in [0.3, 0.4) is 0 Å². The van der Waals surface area contributed by atoms with Gasteiger partial charge in [-0.05, 0) is 18.6 Å². The predicted molar refractivity (Wildman–Crippen MR) is 79.1 cm³/mol. The van der Waals surface area contributed by atoms with E-state index in [0.717, 1.165) is 0 Å². The number of carbonyl (C=O) groups is 2. The van der Waals surface area contributed by atoms with E-state index in [1.54, 1.807) is 32.0 Å². The topological polar surface area (TPSA) is 106 Å². The molecule has 0 aliphatic heterocycles. The van der Waals surface area contributed by atoms with Crippen molar-refractivity contribution in [2.24, 2.45) is 11.7 Å². The molecule has 0 spiro atoms. The van der Waals surface area contributed by atoms with Crippen molar-refractivity contribution in [2.75, 3.05) is 5.75 Å². The number of primary amides is 1. The molecule has 1 rings (SSSR count). The zero-order valence-electron chi connectivity index (χ0n) is 12.1. The van der Waals surface area contributed by atoms with Crippen molar-refractivity contribution in [3.63, 3.8) is 0 Å². The zero-order valence-corrected chi connectivity index (χ0v) is 12.9. The summed E-state index contributed by atoms with van der Waals surface area (Å²) in [6, 6.07) is 6.95. The highest BCUT2D eigenvalue weighted by molar-refractivity contribution is 7.91. The number of rotatable bonds is 7. The number of hydrogen-bond donors (Lipinski definition) is 2. The Hall–Kier alpha value is -1.89. The third kappa shape index (κ3) is 5.18. The van der Waals surface area contributed by atoms with Crippen LogP contribution in [0.25, 0.3) is 0 Å². The molecule has 0 aliphatic carbocycles. The first-order valence-electron chi connectivity index (χ1n) is 6.61. The van der Waals surface area contributed by atoms with Gasteiger partial charge in [0.15, 0.2) is 9.84 Å². The van der Waals surface area contributed by atoms with Gasteiger partial charge in [0.2, 0.25) is 11.8 Å². The molecule has 7 heteroatoms. The van der Waals surface area contributed by atoms with Gasteiger partial charge in [0, 0.05) is 5.92 Å². The smallest absolute Gasteiger partial charge is 0.240 e. The van der Waals surface area contributed by atoms with Crippen molar-refractivity contribution < 1.29 is 18.0 Å². The highest BCUT2D eigenvalue weighted by Crippen LogP contribution is 2.12. The largest absolute Gasteiger partial charge is 0.368 e. The molecule has 116 valence electrons. The summed E-state index contributed by atoms with van der Waals surface area (Å²) in [5, 5.41) is 2.46. The number of amides is 2. The minimum atomic E-state index is -3.50. The fourth-order valence-corrected chi connectivity index (χ4v) is 3.00. The summed E-state index contributed by atoms with van der Waals surface area (Å²) < 4.78 is 24.2. The Morgan fingerprint density at radius 1 is 1.19 bits per heavy atom. The lowest BCUT2D eigenvalue weighted by Gasteiger charge is -2.17. The van der Waals surface area contributed by atoms with Crippen molar-refractivity contribution in [3.8, 4) is 0 Å². The van der Waals surface area contributed by atoms with Crippen LogP contribution in [0.1, 0.15) is 20.3 Å². The number of carbonyl (C=O) groups excluding carboxylic acids is 2. The van der Waals surface area contributed by atoms with Crippen molar-refractivity contribution in [2.45, 2.75) is 31.2 Å². The molecule has 0 aliphatic rings. The van der Waals surface area contributed by atoms with Gasteiger partial charge in [-0.25, -0.2) is 8.42 Å². The van der Waals surface area contributed by atoms with Gasteiger partial charge in [-0.3, -0.25) is 9.59 Å². The monoisotopic (exact) mass is 312 g/mol. The van der Waals surface area contributed by atoms with Crippen LogP contribution in [0.5, 0.6) is 0 Å². The molecule has 3 N–H and O–H groups in total. The van der Waals surface area contributed by atoms with Crippen LogP contribution < -0.4 is 11.1 Å². The molecule has 1 aromatic carbocycles. The van der Waals surface area contributed by atoms with Crippen molar-refractivity contribution in [1.29, 1.82) is 0 Å². The predicted octanol–water partition coefficient (Wildman–Crippen LogP) is 0.477.